The van der Waals surface area contributed by atoms with Crippen molar-refractivity contribution in [2.75, 3.05) is 20.1 Å². The van der Waals surface area contributed by atoms with Gasteiger partial charge in [-0.1, -0.05) is 0 Å². The van der Waals surface area contributed by atoms with E-state index >= 15 is 0 Å². The monoisotopic (exact) mass is 278 g/mol. The van der Waals surface area contributed by atoms with E-state index in [1.165, 1.54) is 11.3 Å². The molecule has 3 rings (SSSR count). The van der Waals surface area contributed by atoms with Gasteiger partial charge >= 0.3 is 0 Å². The molecule has 2 fully saturated rings. The average molecular weight is 278 g/mol. The van der Waals surface area contributed by atoms with Crippen LogP contribution in [0.5, 0.6) is 0 Å². The number of likely N-dealkylation sites (tertiary alicyclic amines) is 2. The summed E-state index contributed by atoms with van der Waals surface area (Å²) in [4.78, 5) is 28.3. The summed E-state index contributed by atoms with van der Waals surface area (Å²) in [6.45, 7) is 1.46. The van der Waals surface area contributed by atoms with Crippen LogP contribution in [-0.4, -0.2) is 47.3 Å². The van der Waals surface area contributed by atoms with Gasteiger partial charge in [-0.25, -0.2) is 0 Å². The van der Waals surface area contributed by atoms with E-state index in [1.807, 2.05) is 28.8 Å². The quantitative estimate of drug-likeness (QED) is 0.788. The standard InChI is InChI=1S/C14H18N2O2S/c1-15-10-14(8-12(15)17)5-2-3-6-16(14)13(18)11-4-7-19-9-11/h4,7,9H,2-3,5-6,8,10H2,1H3/t14-/m0/s1. The molecule has 102 valence electrons. The van der Waals surface area contributed by atoms with Crippen LogP contribution in [0.15, 0.2) is 16.8 Å². The molecule has 1 aromatic heterocycles. The van der Waals surface area contributed by atoms with Crippen LogP contribution in [0.3, 0.4) is 0 Å². The van der Waals surface area contributed by atoms with Crippen LogP contribution in [0.25, 0.3) is 0 Å². The lowest BCUT2D eigenvalue weighted by molar-refractivity contribution is -0.126. The minimum Gasteiger partial charge on any atom is -0.343 e. The van der Waals surface area contributed by atoms with E-state index in [0.29, 0.717) is 13.0 Å². The first kappa shape index (κ1) is 12.7. The molecule has 0 aromatic carbocycles. The topological polar surface area (TPSA) is 40.6 Å². The Hall–Kier alpha value is -1.36. The molecule has 4 nitrogen and oxygen atoms in total. The second-order valence-corrected chi connectivity index (χ2v) is 6.36. The lowest BCUT2D eigenvalue weighted by Gasteiger charge is -2.44. The number of likely N-dealkylation sites (N-methyl/N-ethyl adjacent to an activating group) is 1. The van der Waals surface area contributed by atoms with Crippen LogP contribution < -0.4 is 0 Å². The molecule has 0 saturated carbocycles. The third-order valence-electron chi connectivity index (χ3n) is 4.30. The zero-order valence-corrected chi connectivity index (χ0v) is 11.9. The Labute approximate surface area is 117 Å². The van der Waals surface area contributed by atoms with Gasteiger partial charge in [0, 0.05) is 25.5 Å². The summed E-state index contributed by atoms with van der Waals surface area (Å²) >= 11 is 1.54. The number of carbonyl (C=O) groups is 2. The zero-order valence-electron chi connectivity index (χ0n) is 11.1. The molecule has 0 bridgehead atoms. The van der Waals surface area contributed by atoms with Gasteiger partial charge in [-0.2, -0.15) is 11.3 Å². The van der Waals surface area contributed by atoms with Gasteiger partial charge in [0.15, 0.2) is 0 Å². The van der Waals surface area contributed by atoms with Gasteiger partial charge in [0.1, 0.15) is 0 Å². The van der Waals surface area contributed by atoms with E-state index in [1.54, 1.807) is 4.90 Å². The smallest absolute Gasteiger partial charge is 0.255 e. The fraction of sp³-hybridized carbons (Fsp3) is 0.571. The molecule has 2 aliphatic heterocycles. The molecule has 1 atom stereocenters. The maximum absolute atomic E-state index is 12.6. The van der Waals surface area contributed by atoms with Gasteiger partial charge in [0.25, 0.3) is 5.91 Å². The van der Waals surface area contributed by atoms with Crippen molar-refractivity contribution >= 4 is 23.2 Å². The van der Waals surface area contributed by atoms with Crippen LogP contribution in [0, 0.1) is 0 Å². The highest BCUT2D eigenvalue weighted by Gasteiger charge is 2.49. The summed E-state index contributed by atoms with van der Waals surface area (Å²) in [5.41, 5.74) is 0.497. The first-order valence-corrected chi connectivity index (χ1v) is 7.65. The Balaban J connectivity index is 1.90. The minimum atomic E-state index is -0.261. The van der Waals surface area contributed by atoms with Crippen molar-refractivity contribution in [3.8, 4) is 0 Å². The Kier molecular flexibility index (Phi) is 3.09. The zero-order chi connectivity index (χ0) is 13.5. The van der Waals surface area contributed by atoms with Crippen molar-refractivity contribution in [1.29, 1.82) is 0 Å². The first-order chi connectivity index (χ1) is 9.12. The van der Waals surface area contributed by atoms with Crippen LogP contribution in [0.4, 0.5) is 0 Å². The summed E-state index contributed by atoms with van der Waals surface area (Å²) in [6, 6.07) is 1.87. The highest BCUT2D eigenvalue weighted by Crippen LogP contribution is 2.37. The Morgan fingerprint density at radius 3 is 2.89 bits per heavy atom. The average Bonchev–Trinajstić information content (AvgIpc) is 2.99. The lowest BCUT2D eigenvalue weighted by Crippen LogP contribution is -2.55. The number of piperidine rings is 1. The molecule has 1 spiro atoms. The van der Waals surface area contributed by atoms with Gasteiger partial charge in [-0.3, -0.25) is 9.59 Å². The molecule has 2 aliphatic rings. The summed E-state index contributed by atoms with van der Waals surface area (Å²) < 4.78 is 0. The van der Waals surface area contributed by atoms with Gasteiger partial charge in [-0.15, -0.1) is 0 Å². The SMILES string of the molecule is CN1C[C@]2(CCCCN2C(=O)c2ccsc2)CC1=O. The van der Waals surface area contributed by atoms with Crippen LogP contribution >= 0.6 is 11.3 Å². The second kappa shape index (κ2) is 4.63. The fourth-order valence-corrected chi connectivity index (χ4v) is 3.94. The molecule has 2 saturated heterocycles. The Morgan fingerprint density at radius 1 is 1.42 bits per heavy atom. The predicted octanol–water partition coefficient (Wildman–Crippen LogP) is 1.98. The third-order valence-corrected chi connectivity index (χ3v) is 4.98. The molecule has 0 radical (unpaired) electrons. The van der Waals surface area contributed by atoms with Crippen LogP contribution in [0.1, 0.15) is 36.0 Å². The molecule has 0 unspecified atom stereocenters. The highest BCUT2D eigenvalue weighted by atomic mass is 32.1. The van der Waals surface area contributed by atoms with Crippen molar-refractivity contribution in [1.82, 2.24) is 9.80 Å². The number of carbonyl (C=O) groups excluding carboxylic acids is 2. The Morgan fingerprint density at radius 2 is 2.26 bits per heavy atom. The molecule has 3 heterocycles. The van der Waals surface area contributed by atoms with E-state index in [0.717, 1.165) is 31.4 Å². The van der Waals surface area contributed by atoms with Crippen LogP contribution in [-0.2, 0) is 4.79 Å². The molecule has 1 aromatic rings. The van der Waals surface area contributed by atoms with Crippen molar-refractivity contribution in [3.63, 3.8) is 0 Å². The van der Waals surface area contributed by atoms with Crippen molar-refractivity contribution in [2.45, 2.75) is 31.2 Å². The van der Waals surface area contributed by atoms with E-state index in [-0.39, 0.29) is 17.4 Å². The minimum absolute atomic E-state index is 0.0871. The first-order valence-electron chi connectivity index (χ1n) is 6.71. The summed E-state index contributed by atoms with van der Waals surface area (Å²) in [5.74, 6) is 0.245. The predicted molar refractivity (Wildman–Crippen MR) is 74.2 cm³/mol. The Bertz CT molecular complexity index is 500. The summed E-state index contributed by atoms with van der Waals surface area (Å²) in [6.07, 6.45) is 3.57. The van der Waals surface area contributed by atoms with E-state index < -0.39 is 0 Å². The molecule has 0 N–H and O–H groups in total. The van der Waals surface area contributed by atoms with Gasteiger partial charge in [-0.05, 0) is 30.7 Å². The van der Waals surface area contributed by atoms with Crippen LogP contribution in [0.2, 0.25) is 0 Å². The summed E-state index contributed by atoms with van der Waals surface area (Å²) in [7, 11) is 1.83. The number of nitrogens with zero attached hydrogens (tertiary/aromatic N) is 2. The molecule has 0 aliphatic carbocycles. The molecular formula is C14H18N2O2S. The number of amides is 2. The van der Waals surface area contributed by atoms with Gasteiger partial charge < -0.3 is 9.80 Å². The van der Waals surface area contributed by atoms with E-state index in [4.69, 9.17) is 0 Å². The number of thiophene rings is 1. The van der Waals surface area contributed by atoms with Gasteiger partial charge in [0.05, 0.1) is 17.5 Å². The third kappa shape index (κ3) is 2.06. The molecule has 2 amide bonds. The second-order valence-electron chi connectivity index (χ2n) is 5.58. The largest absolute Gasteiger partial charge is 0.343 e. The summed E-state index contributed by atoms with van der Waals surface area (Å²) in [5, 5.41) is 3.82. The van der Waals surface area contributed by atoms with E-state index in [9.17, 15) is 9.59 Å². The maximum Gasteiger partial charge on any atom is 0.255 e. The number of rotatable bonds is 1. The fourth-order valence-electron chi connectivity index (χ4n) is 3.31. The van der Waals surface area contributed by atoms with Crippen molar-refractivity contribution in [2.24, 2.45) is 0 Å². The van der Waals surface area contributed by atoms with Crippen molar-refractivity contribution < 1.29 is 9.59 Å². The maximum atomic E-state index is 12.6. The van der Waals surface area contributed by atoms with Gasteiger partial charge in [0.2, 0.25) is 5.91 Å². The number of hydrogen-bond acceptors (Lipinski definition) is 3. The molecule has 5 heteroatoms. The normalized spacial score (nSPS) is 27.3. The molecular weight excluding hydrogens is 260 g/mol. The van der Waals surface area contributed by atoms with Crippen molar-refractivity contribution in [3.05, 3.63) is 22.4 Å². The highest BCUT2D eigenvalue weighted by molar-refractivity contribution is 7.08. The van der Waals surface area contributed by atoms with E-state index in [2.05, 4.69) is 0 Å². The molecule has 19 heavy (non-hydrogen) atoms. The lowest BCUT2D eigenvalue weighted by atomic mass is 9.85. The number of hydrogen-bond donors (Lipinski definition) is 0.